The lowest BCUT2D eigenvalue weighted by molar-refractivity contribution is 0.0790. The number of unbranched alkanes of at least 4 members (excludes halogenated alkanes) is 2. The maximum atomic E-state index is 13.2. The number of amides is 1. The zero-order valence-electron chi connectivity index (χ0n) is 17.0. The Balaban J connectivity index is 1.60. The third kappa shape index (κ3) is 5.13. The van der Waals surface area contributed by atoms with Gasteiger partial charge in [0, 0.05) is 25.4 Å². The van der Waals surface area contributed by atoms with E-state index in [1.165, 1.54) is 38.9 Å². The minimum Gasteiger partial charge on any atom is -0.460 e. The number of para-hydroxylation sites is 1. The highest BCUT2D eigenvalue weighted by atomic mass is 16.3. The monoisotopic (exact) mass is 370 g/mol. The first-order valence-electron chi connectivity index (χ1n) is 10.7. The van der Waals surface area contributed by atoms with E-state index in [4.69, 9.17) is 4.42 Å². The number of likely N-dealkylation sites (tertiary alicyclic amines) is 1. The number of carbonyl (C=O) groups excluding carboxylic acids is 1. The van der Waals surface area contributed by atoms with Gasteiger partial charge >= 0.3 is 0 Å². The van der Waals surface area contributed by atoms with Crippen LogP contribution >= 0.6 is 0 Å². The Morgan fingerprint density at radius 1 is 1.11 bits per heavy atom. The molecule has 1 aromatic carbocycles. The maximum Gasteiger partial charge on any atom is 0.257 e. The summed E-state index contributed by atoms with van der Waals surface area (Å²) in [6.07, 6.45) is 9.24. The van der Waals surface area contributed by atoms with Crippen LogP contribution in [0.3, 0.4) is 0 Å². The fourth-order valence-corrected chi connectivity index (χ4v) is 4.00. The van der Waals surface area contributed by atoms with E-state index in [-0.39, 0.29) is 5.91 Å². The minimum atomic E-state index is 0.101. The number of aryl methyl sites for hydroxylation is 1. The van der Waals surface area contributed by atoms with Gasteiger partial charge in [-0.1, -0.05) is 38.0 Å². The molecule has 4 heteroatoms. The van der Waals surface area contributed by atoms with Crippen LogP contribution in [0.15, 0.2) is 28.7 Å². The van der Waals surface area contributed by atoms with E-state index in [1.807, 2.05) is 36.2 Å². The second kappa shape index (κ2) is 9.93. The third-order valence-corrected chi connectivity index (χ3v) is 5.65. The maximum absolute atomic E-state index is 13.2. The molecule has 148 valence electrons. The Bertz CT molecular complexity index is 731. The van der Waals surface area contributed by atoms with E-state index in [2.05, 4.69) is 11.8 Å². The van der Waals surface area contributed by atoms with Gasteiger partial charge in [0.15, 0.2) is 0 Å². The van der Waals surface area contributed by atoms with Crippen molar-refractivity contribution in [1.82, 2.24) is 9.80 Å². The number of piperidine rings is 1. The summed E-state index contributed by atoms with van der Waals surface area (Å²) in [5, 5.41) is 0.953. The molecule has 4 nitrogen and oxygen atoms in total. The number of hydrogen-bond donors (Lipinski definition) is 0. The molecule has 1 fully saturated rings. The van der Waals surface area contributed by atoms with Crippen molar-refractivity contribution < 1.29 is 9.21 Å². The molecule has 0 saturated carbocycles. The number of rotatable bonds is 9. The van der Waals surface area contributed by atoms with E-state index in [9.17, 15) is 4.79 Å². The summed E-state index contributed by atoms with van der Waals surface area (Å²) in [7, 11) is 1.93. The number of fused-ring (bicyclic) bond motifs is 1. The highest BCUT2D eigenvalue weighted by molar-refractivity contribution is 6.07. The smallest absolute Gasteiger partial charge is 0.257 e. The predicted octanol–water partition coefficient (Wildman–Crippen LogP) is 5.11. The summed E-state index contributed by atoms with van der Waals surface area (Å²) >= 11 is 0. The highest BCUT2D eigenvalue weighted by Crippen LogP contribution is 2.28. The Morgan fingerprint density at radius 2 is 1.89 bits per heavy atom. The highest BCUT2D eigenvalue weighted by Gasteiger charge is 2.23. The summed E-state index contributed by atoms with van der Waals surface area (Å²) in [4.78, 5) is 17.6. The van der Waals surface area contributed by atoms with Crippen LogP contribution < -0.4 is 0 Å². The zero-order chi connectivity index (χ0) is 19.1. The first-order valence-corrected chi connectivity index (χ1v) is 10.7. The first kappa shape index (κ1) is 19.9. The van der Waals surface area contributed by atoms with Crippen LogP contribution in [-0.4, -0.2) is 48.9 Å². The normalized spacial score (nSPS) is 15.3. The molecule has 0 bridgehead atoms. The van der Waals surface area contributed by atoms with Gasteiger partial charge in [0.1, 0.15) is 11.3 Å². The second-order valence-corrected chi connectivity index (χ2v) is 7.84. The molecule has 1 aliphatic rings. The molecule has 2 aromatic rings. The zero-order valence-corrected chi connectivity index (χ0v) is 17.0. The molecule has 0 aliphatic carbocycles. The van der Waals surface area contributed by atoms with Crippen molar-refractivity contribution in [2.75, 3.05) is 33.2 Å². The molecule has 0 unspecified atom stereocenters. The number of hydrogen-bond acceptors (Lipinski definition) is 3. The number of nitrogens with zero attached hydrogens (tertiary/aromatic N) is 2. The average Bonchev–Trinajstić information content (AvgIpc) is 3.08. The quantitative estimate of drug-likeness (QED) is 0.575. The van der Waals surface area contributed by atoms with Crippen molar-refractivity contribution in [3.8, 4) is 0 Å². The average molecular weight is 371 g/mol. The van der Waals surface area contributed by atoms with Crippen molar-refractivity contribution in [2.45, 2.75) is 58.3 Å². The van der Waals surface area contributed by atoms with E-state index in [0.29, 0.717) is 0 Å². The third-order valence-electron chi connectivity index (χ3n) is 5.65. The fourth-order valence-electron chi connectivity index (χ4n) is 4.00. The van der Waals surface area contributed by atoms with Crippen LogP contribution in [0.2, 0.25) is 0 Å². The Morgan fingerprint density at radius 3 is 2.67 bits per heavy atom. The van der Waals surface area contributed by atoms with Gasteiger partial charge < -0.3 is 14.2 Å². The molecule has 1 aliphatic heterocycles. The Labute approximate surface area is 163 Å². The molecular weight excluding hydrogens is 336 g/mol. The van der Waals surface area contributed by atoms with Gasteiger partial charge in [-0.15, -0.1) is 0 Å². The van der Waals surface area contributed by atoms with E-state index < -0.39 is 0 Å². The van der Waals surface area contributed by atoms with Gasteiger partial charge in [-0.25, -0.2) is 0 Å². The van der Waals surface area contributed by atoms with Crippen LogP contribution in [-0.2, 0) is 6.42 Å². The molecular formula is C23H34N2O2. The minimum absolute atomic E-state index is 0.101. The summed E-state index contributed by atoms with van der Waals surface area (Å²) in [6, 6.07) is 7.91. The van der Waals surface area contributed by atoms with Crippen LogP contribution in [0.4, 0.5) is 0 Å². The van der Waals surface area contributed by atoms with Crippen molar-refractivity contribution in [1.29, 1.82) is 0 Å². The van der Waals surface area contributed by atoms with Crippen LogP contribution in [0.25, 0.3) is 11.0 Å². The summed E-state index contributed by atoms with van der Waals surface area (Å²) in [5.74, 6) is 0.951. The van der Waals surface area contributed by atoms with Crippen molar-refractivity contribution in [2.24, 2.45) is 0 Å². The topological polar surface area (TPSA) is 36.7 Å². The molecule has 2 heterocycles. The number of benzene rings is 1. The summed E-state index contributed by atoms with van der Waals surface area (Å²) in [5.41, 5.74) is 1.60. The van der Waals surface area contributed by atoms with Crippen molar-refractivity contribution in [3.63, 3.8) is 0 Å². The summed E-state index contributed by atoms with van der Waals surface area (Å²) in [6.45, 7) is 6.63. The van der Waals surface area contributed by atoms with Gasteiger partial charge in [0.25, 0.3) is 5.91 Å². The first-order chi connectivity index (χ1) is 13.2. The van der Waals surface area contributed by atoms with Gasteiger partial charge in [0.05, 0.1) is 5.56 Å². The van der Waals surface area contributed by atoms with Gasteiger partial charge in [0.2, 0.25) is 0 Å². The van der Waals surface area contributed by atoms with Gasteiger partial charge in [-0.05, 0) is 57.8 Å². The van der Waals surface area contributed by atoms with Crippen molar-refractivity contribution >= 4 is 16.9 Å². The lowest BCUT2D eigenvalue weighted by Crippen LogP contribution is -2.32. The Kier molecular flexibility index (Phi) is 7.33. The molecule has 1 amide bonds. The summed E-state index contributed by atoms with van der Waals surface area (Å²) < 4.78 is 6.02. The van der Waals surface area contributed by atoms with Crippen LogP contribution in [0, 0.1) is 0 Å². The SMILES string of the molecule is CCCCc1oc2ccccc2c1C(=O)N(C)CCCCN1CCCCC1. The number of carbonyl (C=O) groups is 1. The molecule has 1 aromatic heterocycles. The number of furan rings is 1. The molecule has 3 rings (SSSR count). The molecule has 1 saturated heterocycles. The van der Waals surface area contributed by atoms with E-state index >= 15 is 0 Å². The molecule has 0 radical (unpaired) electrons. The molecule has 0 N–H and O–H groups in total. The lowest BCUT2D eigenvalue weighted by atomic mass is 10.1. The molecule has 27 heavy (non-hydrogen) atoms. The van der Waals surface area contributed by atoms with Crippen molar-refractivity contribution in [3.05, 3.63) is 35.6 Å². The Hall–Kier alpha value is -1.81. The van der Waals surface area contributed by atoms with Crippen LogP contribution in [0.1, 0.15) is 68.0 Å². The molecule has 0 spiro atoms. The van der Waals surface area contributed by atoms with E-state index in [1.54, 1.807) is 0 Å². The van der Waals surface area contributed by atoms with Crippen LogP contribution in [0.5, 0.6) is 0 Å². The standard InChI is InChI=1S/C23H34N2O2/c1-3-4-13-21-22(19-12-6-7-14-20(19)27-21)23(26)24(2)15-10-11-18-25-16-8-5-9-17-25/h6-7,12,14H,3-5,8-11,13,15-18H2,1-2H3. The lowest BCUT2D eigenvalue weighted by Gasteiger charge is -2.26. The van der Waals surface area contributed by atoms with E-state index in [0.717, 1.165) is 60.9 Å². The second-order valence-electron chi connectivity index (χ2n) is 7.84. The predicted molar refractivity (Wildman–Crippen MR) is 111 cm³/mol. The largest absolute Gasteiger partial charge is 0.460 e. The van der Waals surface area contributed by atoms with Gasteiger partial charge in [-0.3, -0.25) is 4.79 Å². The molecule has 0 atom stereocenters. The van der Waals surface area contributed by atoms with Gasteiger partial charge in [-0.2, -0.15) is 0 Å². The fraction of sp³-hybridized carbons (Fsp3) is 0.609.